The zero-order valence-electron chi connectivity index (χ0n) is 38.9. The number of hydrogen-bond donors (Lipinski definition) is 3. The highest BCUT2D eigenvalue weighted by molar-refractivity contribution is 7.47. The van der Waals surface area contributed by atoms with E-state index in [1.54, 1.807) is 0 Å². The van der Waals surface area contributed by atoms with Crippen molar-refractivity contribution in [2.45, 2.75) is 264 Å². The molecular weight excluding hydrogens is 732 g/mol. The summed E-state index contributed by atoms with van der Waals surface area (Å²) in [6.45, 7) is 4.83. The predicted octanol–water partition coefficient (Wildman–Crippen LogP) is 14.1. The standard InChI is InChI=1S/C48H99N2O6P/c1-6-8-10-12-13-14-15-16-17-18-19-20-21-22-23-24-25-26-27-28-29-30-31-32-33-34-35-36-38-40-42-48(52)49-46(47(51)41-39-37-11-9-7-2)45-56-57(53,54)55-44-43-50(3,4)5/h46-47,51H,6-45H2,1-5H3,(H-,49,52,53,54)/p+1. The number of nitrogens with zero attached hydrogens (tertiary/aromatic N) is 1. The van der Waals surface area contributed by atoms with E-state index in [0.29, 0.717) is 23.9 Å². The van der Waals surface area contributed by atoms with Crippen LogP contribution in [0.15, 0.2) is 0 Å². The van der Waals surface area contributed by atoms with E-state index in [9.17, 15) is 19.4 Å². The number of carbonyl (C=O) groups is 1. The molecule has 57 heavy (non-hydrogen) atoms. The van der Waals surface area contributed by atoms with Gasteiger partial charge in [0, 0.05) is 6.42 Å². The molecule has 0 aliphatic rings. The molecule has 0 fully saturated rings. The van der Waals surface area contributed by atoms with Crippen molar-refractivity contribution >= 4 is 13.7 Å². The molecule has 0 heterocycles. The largest absolute Gasteiger partial charge is 0.472 e. The molecule has 0 aliphatic heterocycles. The van der Waals surface area contributed by atoms with Crippen molar-refractivity contribution in [3.8, 4) is 0 Å². The van der Waals surface area contributed by atoms with Crippen LogP contribution < -0.4 is 5.32 Å². The van der Waals surface area contributed by atoms with Crippen LogP contribution in [0.4, 0.5) is 0 Å². The lowest BCUT2D eigenvalue weighted by molar-refractivity contribution is -0.870. The van der Waals surface area contributed by atoms with Crippen LogP contribution in [0.2, 0.25) is 0 Å². The molecule has 8 nitrogen and oxygen atoms in total. The molecule has 0 radical (unpaired) electrons. The normalized spacial score (nSPS) is 14.2. The van der Waals surface area contributed by atoms with Gasteiger partial charge in [-0.15, -0.1) is 0 Å². The second kappa shape index (κ2) is 40.9. The predicted molar refractivity (Wildman–Crippen MR) is 245 cm³/mol. The first-order valence-electron chi connectivity index (χ1n) is 24.9. The van der Waals surface area contributed by atoms with Crippen LogP contribution in [0.25, 0.3) is 0 Å². The minimum absolute atomic E-state index is 0.0774. The number of phosphoric acid groups is 1. The van der Waals surface area contributed by atoms with E-state index in [1.807, 2.05) is 21.1 Å². The van der Waals surface area contributed by atoms with Gasteiger partial charge >= 0.3 is 7.82 Å². The number of carbonyl (C=O) groups excluding carboxylic acids is 1. The molecule has 3 unspecified atom stereocenters. The minimum Gasteiger partial charge on any atom is -0.391 e. The minimum atomic E-state index is -4.29. The molecule has 0 bridgehead atoms. The molecule has 0 aromatic heterocycles. The topological polar surface area (TPSA) is 105 Å². The van der Waals surface area contributed by atoms with Crippen molar-refractivity contribution in [1.29, 1.82) is 0 Å². The van der Waals surface area contributed by atoms with E-state index in [2.05, 4.69) is 19.2 Å². The summed E-state index contributed by atoms with van der Waals surface area (Å²) < 4.78 is 23.4. The Kier molecular flexibility index (Phi) is 40.5. The number of likely N-dealkylation sites (N-methyl/N-ethyl adjacent to an activating group) is 1. The molecule has 0 spiro atoms. The third-order valence-corrected chi connectivity index (χ3v) is 12.6. The Bertz CT molecular complexity index is 901. The van der Waals surface area contributed by atoms with Gasteiger partial charge < -0.3 is 19.8 Å². The Hall–Kier alpha value is -0.500. The smallest absolute Gasteiger partial charge is 0.391 e. The maximum Gasteiger partial charge on any atom is 0.472 e. The van der Waals surface area contributed by atoms with Crippen LogP contribution in [0.3, 0.4) is 0 Å². The van der Waals surface area contributed by atoms with Crippen molar-refractivity contribution in [1.82, 2.24) is 5.32 Å². The molecule has 1 amide bonds. The molecule has 9 heteroatoms. The van der Waals surface area contributed by atoms with E-state index in [-0.39, 0.29) is 19.1 Å². The Morgan fingerprint density at radius 3 is 1.18 bits per heavy atom. The zero-order chi connectivity index (χ0) is 42.1. The number of nitrogens with one attached hydrogen (secondary N) is 1. The summed E-state index contributed by atoms with van der Waals surface area (Å²) in [4.78, 5) is 23.0. The highest BCUT2D eigenvalue weighted by Gasteiger charge is 2.28. The summed E-state index contributed by atoms with van der Waals surface area (Å²) in [5, 5.41) is 13.8. The lowest BCUT2D eigenvalue weighted by Crippen LogP contribution is -2.46. The van der Waals surface area contributed by atoms with E-state index < -0.39 is 20.0 Å². The molecule has 342 valence electrons. The van der Waals surface area contributed by atoms with Gasteiger partial charge in [0.1, 0.15) is 13.2 Å². The fourth-order valence-corrected chi connectivity index (χ4v) is 8.37. The summed E-state index contributed by atoms with van der Waals surface area (Å²) in [5.74, 6) is -0.146. The summed E-state index contributed by atoms with van der Waals surface area (Å²) in [7, 11) is 1.62. The molecule has 0 aromatic rings. The number of hydrogen-bond acceptors (Lipinski definition) is 5. The average molecular weight is 832 g/mol. The lowest BCUT2D eigenvalue weighted by Gasteiger charge is -2.26. The zero-order valence-corrected chi connectivity index (χ0v) is 39.8. The van der Waals surface area contributed by atoms with Gasteiger partial charge in [-0.1, -0.05) is 232 Å². The molecule has 0 rings (SSSR count). The third kappa shape index (κ3) is 43.4. The van der Waals surface area contributed by atoms with E-state index in [1.165, 1.54) is 173 Å². The number of phosphoric ester groups is 1. The number of amides is 1. The maximum atomic E-state index is 12.8. The first-order chi connectivity index (χ1) is 27.5. The highest BCUT2D eigenvalue weighted by atomic mass is 31.2. The van der Waals surface area contributed by atoms with Crippen molar-refractivity contribution in [2.75, 3.05) is 40.9 Å². The van der Waals surface area contributed by atoms with Gasteiger partial charge in [-0.25, -0.2) is 4.57 Å². The summed E-state index contributed by atoms with van der Waals surface area (Å²) in [5.41, 5.74) is 0. The van der Waals surface area contributed by atoms with E-state index >= 15 is 0 Å². The Morgan fingerprint density at radius 2 is 0.842 bits per heavy atom. The van der Waals surface area contributed by atoms with Gasteiger partial charge in [-0.05, 0) is 12.8 Å². The highest BCUT2D eigenvalue weighted by Crippen LogP contribution is 2.43. The van der Waals surface area contributed by atoms with Gasteiger partial charge in [0.2, 0.25) is 5.91 Å². The second-order valence-corrected chi connectivity index (χ2v) is 20.0. The molecule has 0 aromatic carbocycles. The average Bonchev–Trinajstić information content (AvgIpc) is 3.16. The Labute approximate surface area is 355 Å². The number of quaternary nitrogens is 1. The second-order valence-electron chi connectivity index (χ2n) is 18.6. The SMILES string of the molecule is CCCCCCCCCCCCCCCCCCCCCCCCCCCCCCCCC(=O)NC(COP(=O)(O)OCC[N+](C)(C)C)C(O)CCCCCCC. The van der Waals surface area contributed by atoms with Crippen LogP contribution in [0.5, 0.6) is 0 Å². The summed E-state index contributed by atoms with van der Waals surface area (Å²) >= 11 is 0. The number of rotatable bonds is 46. The lowest BCUT2D eigenvalue weighted by atomic mass is 10.0. The monoisotopic (exact) mass is 832 g/mol. The van der Waals surface area contributed by atoms with E-state index in [4.69, 9.17) is 9.05 Å². The maximum absolute atomic E-state index is 12.8. The molecular formula is C48H100N2O6P+. The fraction of sp³-hybridized carbons (Fsp3) is 0.979. The Morgan fingerprint density at radius 1 is 0.526 bits per heavy atom. The van der Waals surface area contributed by atoms with Gasteiger partial charge in [-0.2, -0.15) is 0 Å². The van der Waals surface area contributed by atoms with Gasteiger partial charge in [0.05, 0.1) is 39.9 Å². The van der Waals surface area contributed by atoms with Crippen molar-refractivity contribution < 1.29 is 32.9 Å². The fourth-order valence-electron chi connectivity index (χ4n) is 7.64. The van der Waals surface area contributed by atoms with Gasteiger partial charge in [0.15, 0.2) is 0 Å². The van der Waals surface area contributed by atoms with Crippen LogP contribution >= 0.6 is 7.82 Å². The summed E-state index contributed by atoms with van der Waals surface area (Å²) in [6.07, 6.45) is 46.4. The molecule has 0 saturated carbocycles. The quantitative estimate of drug-likeness (QED) is 0.0321. The first kappa shape index (κ1) is 56.5. The van der Waals surface area contributed by atoms with Gasteiger partial charge in [0.25, 0.3) is 0 Å². The molecule has 0 saturated heterocycles. The Balaban J connectivity index is 3.78. The van der Waals surface area contributed by atoms with Crippen molar-refractivity contribution in [2.24, 2.45) is 0 Å². The molecule has 3 N–H and O–H groups in total. The summed E-state index contributed by atoms with van der Waals surface area (Å²) in [6, 6.07) is -0.750. The van der Waals surface area contributed by atoms with Gasteiger partial charge in [-0.3, -0.25) is 13.8 Å². The van der Waals surface area contributed by atoms with E-state index in [0.717, 1.165) is 51.4 Å². The van der Waals surface area contributed by atoms with Crippen LogP contribution in [-0.2, 0) is 18.4 Å². The van der Waals surface area contributed by atoms with Crippen LogP contribution in [-0.4, -0.2) is 73.4 Å². The third-order valence-electron chi connectivity index (χ3n) is 11.6. The number of aliphatic hydroxyl groups is 1. The molecule has 0 aliphatic carbocycles. The van der Waals surface area contributed by atoms with Crippen molar-refractivity contribution in [3.63, 3.8) is 0 Å². The number of aliphatic hydroxyl groups excluding tert-OH is 1. The van der Waals surface area contributed by atoms with Crippen LogP contribution in [0, 0.1) is 0 Å². The number of unbranched alkanes of at least 4 members (excludes halogenated alkanes) is 33. The van der Waals surface area contributed by atoms with Crippen LogP contribution in [0.1, 0.15) is 251 Å². The molecule has 3 atom stereocenters. The van der Waals surface area contributed by atoms with Crippen molar-refractivity contribution in [3.05, 3.63) is 0 Å². The first-order valence-corrected chi connectivity index (χ1v) is 26.4.